The van der Waals surface area contributed by atoms with Crippen LogP contribution in [0.15, 0.2) is 72.9 Å². The van der Waals surface area contributed by atoms with E-state index in [0.29, 0.717) is 46.6 Å². The molecule has 7 nitrogen and oxygen atoms in total. The average molecular weight is 579 g/mol. The Bertz CT molecular complexity index is 1500. The highest BCUT2D eigenvalue weighted by Crippen LogP contribution is 2.32. The summed E-state index contributed by atoms with van der Waals surface area (Å²) in [5.74, 6) is -0.161. The number of rotatable bonds is 11. The smallest absolute Gasteiger partial charge is 0.319 e. The largest absolute Gasteiger partial charge is 0.494 e. The van der Waals surface area contributed by atoms with Crippen molar-refractivity contribution < 1.29 is 23.8 Å². The van der Waals surface area contributed by atoms with Crippen molar-refractivity contribution in [2.75, 3.05) is 20.8 Å². The molecule has 0 saturated heterocycles. The van der Waals surface area contributed by atoms with Gasteiger partial charge in [-0.2, -0.15) is 0 Å². The van der Waals surface area contributed by atoms with Gasteiger partial charge in [0.15, 0.2) is 0 Å². The Balaban J connectivity index is 1.44. The zero-order valence-corrected chi connectivity index (χ0v) is 23.5. The third kappa shape index (κ3) is 7.52. The fourth-order valence-electron chi connectivity index (χ4n) is 4.11. The first-order chi connectivity index (χ1) is 19.4. The lowest BCUT2D eigenvalue weighted by molar-refractivity contribution is -0.142. The lowest BCUT2D eigenvalue weighted by atomic mass is 9.96. The number of nitrogens with one attached hydrogen (secondary N) is 1. The first kappa shape index (κ1) is 28.9. The highest BCUT2D eigenvalue weighted by molar-refractivity contribution is 6.35. The second kappa shape index (κ2) is 13.8. The average Bonchev–Trinajstić information content (AvgIpc) is 3.44. The summed E-state index contributed by atoms with van der Waals surface area (Å²) in [5, 5.41) is 0.842. The molecule has 3 aromatic carbocycles. The standard InChI is InChI=1S/C31H28Cl2N2O5/c1-38-29(36)7-4-16-40-24-12-9-21(10-13-24)22-6-3-5-20(17-22)8-15-28-34-19-27(35-28)30(31(37)39-2)25-14-11-23(32)18-26(25)33/h3,5-6,8-15,17-19,30H,4,7,16H2,1-2H3,(H,34,35)/b15-8+. The quantitative estimate of drug-likeness (QED) is 0.149. The Hall–Kier alpha value is -4.07. The Morgan fingerprint density at radius 3 is 2.48 bits per heavy atom. The molecular weight excluding hydrogens is 551 g/mol. The van der Waals surface area contributed by atoms with Crippen LogP contribution in [0.1, 0.15) is 41.4 Å². The molecule has 0 aliphatic heterocycles. The van der Waals surface area contributed by atoms with Crippen LogP contribution < -0.4 is 4.74 Å². The lowest BCUT2D eigenvalue weighted by Crippen LogP contribution is -2.16. The summed E-state index contributed by atoms with van der Waals surface area (Å²) in [7, 11) is 2.71. The fourth-order valence-corrected chi connectivity index (χ4v) is 4.62. The highest BCUT2D eigenvalue weighted by atomic mass is 35.5. The van der Waals surface area contributed by atoms with Gasteiger partial charge in [-0.15, -0.1) is 0 Å². The van der Waals surface area contributed by atoms with Crippen molar-refractivity contribution in [3.8, 4) is 16.9 Å². The number of ether oxygens (including phenoxy) is 3. The summed E-state index contributed by atoms with van der Waals surface area (Å²) in [6.45, 7) is 0.441. The highest BCUT2D eigenvalue weighted by Gasteiger charge is 2.27. The van der Waals surface area contributed by atoms with Gasteiger partial charge in [0.1, 0.15) is 17.5 Å². The van der Waals surface area contributed by atoms with Crippen LogP contribution in [-0.2, 0) is 19.1 Å². The molecule has 1 heterocycles. The van der Waals surface area contributed by atoms with Crippen LogP contribution in [0.5, 0.6) is 5.75 Å². The van der Waals surface area contributed by atoms with Crippen LogP contribution >= 0.6 is 23.2 Å². The van der Waals surface area contributed by atoms with E-state index in [2.05, 4.69) is 20.8 Å². The van der Waals surface area contributed by atoms with Gasteiger partial charge in [0.05, 0.1) is 26.5 Å². The first-order valence-electron chi connectivity index (χ1n) is 12.5. The van der Waals surface area contributed by atoms with Crippen LogP contribution in [0.4, 0.5) is 0 Å². The number of benzene rings is 3. The van der Waals surface area contributed by atoms with Gasteiger partial charge in [0.2, 0.25) is 0 Å². The minimum Gasteiger partial charge on any atom is -0.494 e. The van der Waals surface area contributed by atoms with Crippen LogP contribution in [0.2, 0.25) is 10.0 Å². The van der Waals surface area contributed by atoms with Gasteiger partial charge in [-0.1, -0.05) is 65.7 Å². The number of H-pyrrole nitrogens is 1. The Morgan fingerprint density at radius 2 is 1.75 bits per heavy atom. The van der Waals surface area contributed by atoms with E-state index in [4.69, 9.17) is 32.7 Å². The Labute approximate surface area is 242 Å². The predicted molar refractivity (Wildman–Crippen MR) is 156 cm³/mol. The van der Waals surface area contributed by atoms with Gasteiger partial charge >= 0.3 is 11.9 Å². The lowest BCUT2D eigenvalue weighted by Gasteiger charge is -2.15. The number of aromatic nitrogens is 2. The van der Waals surface area contributed by atoms with Crippen LogP contribution in [0.3, 0.4) is 0 Å². The van der Waals surface area contributed by atoms with Crippen LogP contribution in [-0.4, -0.2) is 42.7 Å². The molecule has 40 heavy (non-hydrogen) atoms. The summed E-state index contributed by atoms with van der Waals surface area (Å²) in [5.41, 5.74) is 4.18. The molecule has 0 saturated carbocycles. The van der Waals surface area contributed by atoms with Gasteiger partial charge in [-0.25, -0.2) is 4.98 Å². The first-order valence-corrected chi connectivity index (χ1v) is 13.3. The number of imidazole rings is 1. The molecule has 9 heteroatoms. The number of hydrogen-bond donors (Lipinski definition) is 1. The van der Waals surface area contributed by atoms with E-state index in [0.717, 1.165) is 22.4 Å². The van der Waals surface area contributed by atoms with E-state index in [-0.39, 0.29) is 5.97 Å². The number of carbonyl (C=O) groups excluding carboxylic acids is 2. The molecular formula is C31H28Cl2N2O5. The van der Waals surface area contributed by atoms with Gasteiger partial charge < -0.3 is 19.2 Å². The van der Waals surface area contributed by atoms with Gasteiger partial charge in [0.25, 0.3) is 0 Å². The molecule has 1 atom stereocenters. The SMILES string of the molecule is COC(=O)CCCOc1ccc(-c2cccc(/C=C/c3ncc(C(C(=O)OC)c4ccc(Cl)cc4Cl)[nH]3)c2)cc1. The molecule has 0 aliphatic carbocycles. The molecule has 4 rings (SSSR count). The zero-order chi connectivity index (χ0) is 28.5. The topological polar surface area (TPSA) is 90.5 Å². The van der Waals surface area contributed by atoms with Crippen molar-refractivity contribution in [2.24, 2.45) is 0 Å². The van der Waals surface area contributed by atoms with E-state index < -0.39 is 11.9 Å². The van der Waals surface area contributed by atoms with Gasteiger partial charge in [-0.05, 0) is 65.1 Å². The maximum atomic E-state index is 12.6. The summed E-state index contributed by atoms with van der Waals surface area (Å²) in [6.07, 6.45) is 6.30. The number of hydrogen-bond acceptors (Lipinski definition) is 6. The van der Waals surface area contributed by atoms with Crippen molar-refractivity contribution in [3.05, 3.63) is 106 Å². The van der Waals surface area contributed by atoms with E-state index in [1.165, 1.54) is 14.2 Å². The van der Waals surface area contributed by atoms with E-state index in [9.17, 15) is 9.59 Å². The van der Waals surface area contributed by atoms with Gasteiger partial charge in [0, 0.05) is 22.7 Å². The van der Waals surface area contributed by atoms with E-state index >= 15 is 0 Å². The Morgan fingerprint density at radius 1 is 0.950 bits per heavy atom. The maximum absolute atomic E-state index is 12.6. The van der Waals surface area contributed by atoms with Crippen molar-refractivity contribution in [1.82, 2.24) is 9.97 Å². The second-order valence-electron chi connectivity index (χ2n) is 8.86. The van der Waals surface area contributed by atoms with E-state index in [1.807, 2.05) is 54.6 Å². The van der Waals surface area contributed by atoms with Crippen molar-refractivity contribution in [1.29, 1.82) is 0 Å². The number of nitrogens with zero attached hydrogens (tertiary/aromatic N) is 1. The Kier molecular flexibility index (Phi) is 10.00. The number of halogens is 2. The summed E-state index contributed by atoms with van der Waals surface area (Å²) in [6, 6.07) is 20.8. The minimum atomic E-state index is -0.771. The van der Waals surface area contributed by atoms with Crippen LogP contribution in [0.25, 0.3) is 23.3 Å². The molecule has 0 spiro atoms. The third-order valence-corrected chi connectivity index (χ3v) is 6.73. The van der Waals surface area contributed by atoms with Crippen molar-refractivity contribution >= 4 is 47.3 Å². The molecule has 206 valence electrons. The monoisotopic (exact) mass is 578 g/mol. The third-order valence-electron chi connectivity index (χ3n) is 6.17. The molecule has 4 aromatic rings. The molecule has 1 unspecified atom stereocenters. The zero-order valence-electron chi connectivity index (χ0n) is 22.0. The number of aromatic amines is 1. The summed E-state index contributed by atoms with van der Waals surface area (Å²) >= 11 is 12.4. The fraction of sp³-hybridized carbons (Fsp3) is 0.194. The second-order valence-corrected chi connectivity index (χ2v) is 9.70. The van der Waals surface area contributed by atoms with Gasteiger partial charge in [-0.3, -0.25) is 9.59 Å². The van der Waals surface area contributed by atoms with Crippen molar-refractivity contribution in [2.45, 2.75) is 18.8 Å². The molecule has 0 amide bonds. The minimum absolute atomic E-state index is 0.242. The normalized spacial score (nSPS) is 11.8. The summed E-state index contributed by atoms with van der Waals surface area (Å²) in [4.78, 5) is 31.4. The predicted octanol–water partition coefficient (Wildman–Crippen LogP) is 7.19. The van der Waals surface area contributed by atoms with Crippen molar-refractivity contribution in [3.63, 3.8) is 0 Å². The molecule has 1 N–H and O–H groups in total. The maximum Gasteiger partial charge on any atom is 0.319 e. The van der Waals surface area contributed by atoms with Crippen LogP contribution in [0, 0.1) is 0 Å². The molecule has 0 fully saturated rings. The number of carbonyl (C=O) groups is 2. The number of methoxy groups -OCH3 is 2. The molecule has 0 radical (unpaired) electrons. The molecule has 0 aliphatic rings. The number of esters is 2. The summed E-state index contributed by atoms with van der Waals surface area (Å²) < 4.78 is 15.4. The molecule has 0 bridgehead atoms. The van der Waals surface area contributed by atoms with E-state index in [1.54, 1.807) is 24.4 Å². The molecule has 1 aromatic heterocycles.